The van der Waals surface area contributed by atoms with Crippen LogP contribution in [0.4, 0.5) is 34.1 Å². The van der Waals surface area contributed by atoms with E-state index < -0.39 is 0 Å². The summed E-state index contributed by atoms with van der Waals surface area (Å²) < 4.78 is 0. The van der Waals surface area contributed by atoms with Gasteiger partial charge in [-0.2, -0.15) is 0 Å². The average molecular weight is 831 g/mol. The minimum absolute atomic E-state index is 0.112. The first-order valence-corrected chi connectivity index (χ1v) is 22.6. The van der Waals surface area contributed by atoms with Gasteiger partial charge in [0.1, 0.15) is 0 Å². The maximum absolute atomic E-state index is 2.44. The predicted octanol–water partition coefficient (Wildman–Crippen LogP) is 17.7. The zero-order chi connectivity index (χ0) is 43.5. The maximum atomic E-state index is 2.44. The fourth-order valence-electron chi connectivity index (χ4n) is 10.4. The fourth-order valence-corrected chi connectivity index (χ4v) is 10.4. The van der Waals surface area contributed by atoms with Crippen LogP contribution in [-0.2, 0) is 5.41 Å². The third kappa shape index (κ3) is 6.57. The van der Waals surface area contributed by atoms with Crippen LogP contribution in [0.25, 0.3) is 65.7 Å². The molecule has 0 N–H and O–H groups in total. The highest BCUT2D eigenvalue weighted by Crippen LogP contribution is 2.51. The molecule has 0 aromatic heterocycles. The van der Waals surface area contributed by atoms with Gasteiger partial charge in [-0.3, -0.25) is 0 Å². The van der Waals surface area contributed by atoms with Gasteiger partial charge in [-0.1, -0.05) is 196 Å². The van der Waals surface area contributed by atoms with Crippen molar-refractivity contribution in [3.63, 3.8) is 0 Å². The first kappa shape index (κ1) is 38.5. The summed E-state index contributed by atoms with van der Waals surface area (Å²) in [6.45, 7) is 4.72. The van der Waals surface area contributed by atoms with Crippen molar-refractivity contribution in [3.05, 3.63) is 254 Å². The monoisotopic (exact) mass is 830 g/mol. The van der Waals surface area contributed by atoms with E-state index in [0.717, 1.165) is 34.1 Å². The van der Waals surface area contributed by atoms with E-state index in [1.807, 2.05) is 0 Å². The first-order valence-electron chi connectivity index (χ1n) is 22.6. The molecule has 0 unspecified atom stereocenters. The van der Waals surface area contributed by atoms with Gasteiger partial charge in [-0.05, 0) is 127 Å². The normalized spacial score (nSPS) is 12.6. The SMILES string of the molecule is CC1(C)c2ccccc2-c2ccc(N(c3ccc(-c4cccc5c(N(c6ccc(-c7ccccc7)cc6)c6ccc7ccccc7c6)cccc45)cc3)c3cccc4ccccc34)cc21. The molecule has 0 fully saturated rings. The van der Waals surface area contributed by atoms with E-state index in [2.05, 4.69) is 266 Å². The second kappa shape index (κ2) is 15.6. The van der Waals surface area contributed by atoms with Gasteiger partial charge in [0.05, 0.1) is 11.4 Å². The summed E-state index contributed by atoms with van der Waals surface area (Å²) in [4.78, 5) is 4.85. The molecule has 0 amide bonds. The molecule has 0 heterocycles. The summed E-state index contributed by atoms with van der Waals surface area (Å²) in [6.07, 6.45) is 0. The summed E-state index contributed by atoms with van der Waals surface area (Å²) in [7, 11) is 0. The molecule has 0 atom stereocenters. The van der Waals surface area contributed by atoms with E-state index in [0.29, 0.717) is 0 Å². The predicted molar refractivity (Wildman–Crippen MR) is 277 cm³/mol. The molecule has 0 saturated heterocycles. The minimum atomic E-state index is -0.112. The van der Waals surface area contributed by atoms with Crippen LogP contribution >= 0.6 is 0 Å². The largest absolute Gasteiger partial charge is 0.310 e. The van der Waals surface area contributed by atoms with E-state index in [1.165, 1.54) is 76.8 Å². The van der Waals surface area contributed by atoms with Gasteiger partial charge in [0.25, 0.3) is 0 Å². The van der Waals surface area contributed by atoms with Crippen molar-refractivity contribution >= 4 is 66.4 Å². The first-order chi connectivity index (χ1) is 32.0. The molecule has 308 valence electrons. The van der Waals surface area contributed by atoms with Crippen molar-refractivity contribution in [2.24, 2.45) is 0 Å². The second-order valence-electron chi connectivity index (χ2n) is 17.7. The quantitative estimate of drug-likeness (QED) is 0.151. The van der Waals surface area contributed by atoms with Crippen molar-refractivity contribution in [2.75, 3.05) is 9.80 Å². The zero-order valence-electron chi connectivity index (χ0n) is 36.5. The minimum Gasteiger partial charge on any atom is -0.310 e. The van der Waals surface area contributed by atoms with Crippen molar-refractivity contribution < 1.29 is 0 Å². The highest BCUT2D eigenvalue weighted by molar-refractivity contribution is 6.07. The lowest BCUT2D eigenvalue weighted by atomic mass is 9.82. The lowest BCUT2D eigenvalue weighted by Gasteiger charge is -2.29. The Labute approximate surface area is 380 Å². The van der Waals surface area contributed by atoms with E-state index >= 15 is 0 Å². The van der Waals surface area contributed by atoms with Crippen LogP contribution in [0.15, 0.2) is 243 Å². The van der Waals surface area contributed by atoms with Gasteiger partial charge < -0.3 is 9.80 Å². The Kier molecular flexibility index (Phi) is 9.21. The van der Waals surface area contributed by atoms with E-state index in [-0.39, 0.29) is 5.41 Å². The molecule has 65 heavy (non-hydrogen) atoms. The molecule has 1 aliphatic carbocycles. The standard InChI is InChI=1S/C63H46N2/c1-63(2)59-26-11-10-22-56(59)57-40-39-52(42-60(57)63)65(61-27-12-20-46-18-8-9-21-54(46)61)50-36-32-47(33-37-50)53-23-13-25-58-55(53)24-14-28-62(58)64(51-38-31-44-17-6-7-19-48(44)41-51)49-34-29-45(30-35-49)43-15-4-3-5-16-43/h3-42H,1-2H3. The summed E-state index contributed by atoms with van der Waals surface area (Å²) >= 11 is 0. The molecule has 0 radical (unpaired) electrons. The number of hydrogen-bond donors (Lipinski definition) is 0. The molecule has 1 aliphatic rings. The van der Waals surface area contributed by atoms with Crippen molar-refractivity contribution in [2.45, 2.75) is 19.3 Å². The Morgan fingerprint density at radius 2 is 0.769 bits per heavy atom. The molecule has 0 spiro atoms. The summed E-state index contributed by atoms with van der Waals surface area (Å²) in [5.74, 6) is 0. The van der Waals surface area contributed by atoms with Gasteiger partial charge in [0, 0.05) is 38.9 Å². The Hall–Kier alpha value is -8.20. The molecule has 2 heteroatoms. The van der Waals surface area contributed by atoms with E-state index in [9.17, 15) is 0 Å². The van der Waals surface area contributed by atoms with Crippen LogP contribution < -0.4 is 9.80 Å². The van der Waals surface area contributed by atoms with Crippen LogP contribution in [0.3, 0.4) is 0 Å². The topological polar surface area (TPSA) is 6.48 Å². The molecular formula is C63H46N2. The maximum Gasteiger partial charge on any atom is 0.0540 e. The summed E-state index contributed by atoms with van der Waals surface area (Å²) in [5.41, 5.74) is 16.8. The van der Waals surface area contributed by atoms with Crippen molar-refractivity contribution in [1.82, 2.24) is 0 Å². The van der Waals surface area contributed by atoms with Crippen LogP contribution in [0.1, 0.15) is 25.0 Å². The van der Waals surface area contributed by atoms with Crippen molar-refractivity contribution in [1.29, 1.82) is 0 Å². The smallest absolute Gasteiger partial charge is 0.0540 e. The van der Waals surface area contributed by atoms with Crippen LogP contribution in [0.2, 0.25) is 0 Å². The average Bonchev–Trinajstić information content (AvgIpc) is 3.60. The van der Waals surface area contributed by atoms with Crippen LogP contribution in [0.5, 0.6) is 0 Å². The molecular weight excluding hydrogens is 785 g/mol. The highest BCUT2D eigenvalue weighted by Gasteiger charge is 2.36. The second-order valence-corrected chi connectivity index (χ2v) is 17.7. The molecule has 11 aromatic carbocycles. The number of nitrogens with zero attached hydrogens (tertiary/aromatic N) is 2. The van der Waals surface area contributed by atoms with Crippen LogP contribution in [-0.4, -0.2) is 0 Å². The molecule has 0 bridgehead atoms. The van der Waals surface area contributed by atoms with Gasteiger partial charge in [-0.15, -0.1) is 0 Å². The van der Waals surface area contributed by atoms with Gasteiger partial charge in [-0.25, -0.2) is 0 Å². The number of hydrogen-bond acceptors (Lipinski definition) is 2. The zero-order valence-corrected chi connectivity index (χ0v) is 36.5. The summed E-state index contributed by atoms with van der Waals surface area (Å²) in [6, 6.07) is 88.9. The van der Waals surface area contributed by atoms with Gasteiger partial charge in [0.15, 0.2) is 0 Å². The van der Waals surface area contributed by atoms with E-state index in [4.69, 9.17) is 0 Å². The van der Waals surface area contributed by atoms with Gasteiger partial charge >= 0.3 is 0 Å². The Morgan fingerprint density at radius 3 is 1.55 bits per heavy atom. The van der Waals surface area contributed by atoms with Gasteiger partial charge in [0.2, 0.25) is 0 Å². The fraction of sp³-hybridized carbons (Fsp3) is 0.0476. The van der Waals surface area contributed by atoms with Crippen LogP contribution in [0, 0.1) is 0 Å². The lowest BCUT2D eigenvalue weighted by molar-refractivity contribution is 0.660. The lowest BCUT2D eigenvalue weighted by Crippen LogP contribution is -2.16. The third-order valence-corrected chi connectivity index (χ3v) is 13.6. The molecule has 0 saturated carbocycles. The molecule has 12 rings (SSSR count). The van der Waals surface area contributed by atoms with Crippen molar-refractivity contribution in [3.8, 4) is 33.4 Å². The third-order valence-electron chi connectivity index (χ3n) is 13.6. The molecule has 0 aliphatic heterocycles. The highest BCUT2D eigenvalue weighted by atomic mass is 15.1. The Balaban J connectivity index is 0.971. The Bertz CT molecular complexity index is 3560. The Morgan fingerprint density at radius 1 is 0.277 bits per heavy atom. The number of anilines is 6. The number of fused-ring (bicyclic) bond motifs is 6. The summed E-state index contributed by atoms with van der Waals surface area (Å²) in [5, 5.41) is 7.27. The van der Waals surface area contributed by atoms with E-state index in [1.54, 1.807) is 0 Å². The number of rotatable bonds is 8. The molecule has 2 nitrogen and oxygen atoms in total. The number of benzene rings is 11. The molecule has 11 aromatic rings.